The number of ether oxygens (including phenoxy) is 1. The molecule has 0 N–H and O–H groups in total. The number of halogens is 2. The van der Waals surface area contributed by atoms with Crippen LogP contribution in [0.25, 0.3) is 22.0 Å². The van der Waals surface area contributed by atoms with Crippen LogP contribution < -0.4 is 14.6 Å². The Hall–Kier alpha value is -3.60. The third-order valence-corrected chi connectivity index (χ3v) is 8.00. The minimum Gasteiger partial charge on any atom is -0.451 e. The predicted molar refractivity (Wildman–Crippen MR) is 128 cm³/mol. The van der Waals surface area contributed by atoms with Gasteiger partial charge < -0.3 is 9.30 Å². The molecule has 1 fully saturated rings. The highest BCUT2D eigenvalue weighted by molar-refractivity contribution is 7.93. The van der Waals surface area contributed by atoms with E-state index in [4.69, 9.17) is 4.74 Å². The lowest BCUT2D eigenvalue weighted by molar-refractivity contribution is 0.269. The molecule has 2 aliphatic rings. The number of rotatable bonds is 4. The van der Waals surface area contributed by atoms with Crippen LogP contribution in [0.1, 0.15) is 13.3 Å². The Morgan fingerprint density at radius 3 is 2.66 bits per heavy atom. The van der Waals surface area contributed by atoms with Crippen LogP contribution in [0.15, 0.2) is 65.2 Å². The highest BCUT2D eigenvalue weighted by atomic mass is 32.2. The van der Waals surface area contributed by atoms with Crippen molar-refractivity contribution in [3.63, 3.8) is 0 Å². The molecule has 1 aliphatic carbocycles. The lowest BCUT2D eigenvalue weighted by Gasteiger charge is -2.21. The van der Waals surface area contributed by atoms with Gasteiger partial charge in [-0.3, -0.25) is 4.79 Å². The number of hydrogen-bond acceptors (Lipinski definition) is 6. The topological polar surface area (TPSA) is 94.4 Å². The van der Waals surface area contributed by atoms with Gasteiger partial charge in [-0.15, -0.1) is 0 Å². The van der Waals surface area contributed by atoms with Crippen LogP contribution in [0.3, 0.4) is 0 Å². The molecule has 3 aromatic rings. The monoisotopic (exact) mass is 500 g/mol. The Kier molecular flexibility index (Phi) is 5.66. The molecule has 182 valence electrons. The maximum Gasteiger partial charge on any atom is 0.258 e. The van der Waals surface area contributed by atoms with E-state index in [0.29, 0.717) is 22.8 Å². The summed E-state index contributed by atoms with van der Waals surface area (Å²) < 4.78 is 62.0. The first-order valence-electron chi connectivity index (χ1n) is 11.0. The van der Waals surface area contributed by atoms with Gasteiger partial charge in [0.05, 0.1) is 11.9 Å². The summed E-state index contributed by atoms with van der Waals surface area (Å²) >= 11 is 0. The second-order valence-corrected chi connectivity index (χ2v) is 10.5. The van der Waals surface area contributed by atoms with Gasteiger partial charge in [-0.05, 0) is 30.0 Å². The van der Waals surface area contributed by atoms with Gasteiger partial charge in [0.1, 0.15) is 17.7 Å². The molecule has 0 spiro atoms. The molecule has 0 amide bonds. The molecule has 0 radical (unpaired) electrons. The van der Waals surface area contributed by atoms with E-state index in [0.717, 1.165) is 4.31 Å². The number of anilines is 1. The Labute approximate surface area is 200 Å². The fraction of sp³-hybridized carbons (Fsp3) is 0.292. The highest BCUT2D eigenvalue weighted by Crippen LogP contribution is 2.37. The smallest absolute Gasteiger partial charge is 0.258 e. The van der Waals surface area contributed by atoms with Crippen LogP contribution in [-0.4, -0.2) is 41.4 Å². The van der Waals surface area contributed by atoms with Crippen LogP contribution >= 0.6 is 0 Å². The minimum absolute atomic E-state index is 0.0160. The number of benzene rings is 1. The number of allylic oxidation sites excluding steroid dienone is 3. The van der Waals surface area contributed by atoms with Crippen molar-refractivity contribution >= 4 is 26.7 Å². The molecule has 0 saturated carbocycles. The van der Waals surface area contributed by atoms with Crippen molar-refractivity contribution in [3.05, 3.63) is 70.8 Å². The predicted octanol–water partition coefficient (Wildman–Crippen LogP) is 3.64. The molecule has 1 saturated heterocycles. The second kappa shape index (κ2) is 8.56. The zero-order chi connectivity index (χ0) is 24.9. The first-order valence-corrected chi connectivity index (χ1v) is 12.6. The first-order chi connectivity index (χ1) is 16.7. The summed E-state index contributed by atoms with van der Waals surface area (Å²) in [6.45, 7) is 1.64. The van der Waals surface area contributed by atoms with Crippen molar-refractivity contribution in [1.29, 1.82) is 0 Å². The molecule has 3 heterocycles. The van der Waals surface area contributed by atoms with Crippen LogP contribution in [0.4, 0.5) is 14.7 Å². The molecular formula is C24H22F2N4O4S. The maximum absolute atomic E-state index is 14.8. The molecule has 11 heteroatoms. The summed E-state index contributed by atoms with van der Waals surface area (Å²) in [5.41, 5.74) is 0.415. The van der Waals surface area contributed by atoms with Crippen molar-refractivity contribution in [1.82, 2.24) is 14.5 Å². The van der Waals surface area contributed by atoms with Gasteiger partial charge >= 0.3 is 0 Å². The summed E-state index contributed by atoms with van der Waals surface area (Å²) in [6, 6.07) is 6.90. The summed E-state index contributed by atoms with van der Waals surface area (Å²) in [4.78, 5) is 21.4. The normalized spacial score (nSPS) is 21.7. The van der Waals surface area contributed by atoms with E-state index in [-0.39, 0.29) is 41.0 Å². The van der Waals surface area contributed by atoms with E-state index in [1.807, 2.05) is 0 Å². The van der Waals surface area contributed by atoms with Crippen molar-refractivity contribution in [2.45, 2.75) is 19.5 Å². The van der Waals surface area contributed by atoms with Crippen molar-refractivity contribution in [2.75, 3.05) is 16.6 Å². The Morgan fingerprint density at radius 1 is 1.20 bits per heavy atom. The number of alkyl halides is 1. The van der Waals surface area contributed by atoms with Crippen molar-refractivity contribution in [3.8, 4) is 17.0 Å². The minimum atomic E-state index is -3.57. The molecule has 35 heavy (non-hydrogen) atoms. The molecule has 5 rings (SSSR count). The van der Waals surface area contributed by atoms with E-state index >= 15 is 0 Å². The van der Waals surface area contributed by atoms with Gasteiger partial charge in [0.2, 0.25) is 16.0 Å². The van der Waals surface area contributed by atoms with Gasteiger partial charge in [-0.25, -0.2) is 31.5 Å². The van der Waals surface area contributed by atoms with Crippen LogP contribution in [0, 0.1) is 5.92 Å². The lowest BCUT2D eigenvalue weighted by Crippen LogP contribution is -2.27. The zero-order valence-corrected chi connectivity index (χ0v) is 19.8. The van der Waals surface area contributed by atoms with Gasteiger partial charge in [-0.2, -0.15) is 0 Å². The van der Waals surface area contributed by atoms with Crippen molar-refractivity contribution < 1.29 is 21.9 Å². The van der Waals surface area contributed by atoms with E-state index in [1.165, 1.54) is 29.8 Å². The fourth-order valence-electron chi connectivity index (χ4n) is 4.21. The van der Waals surface area contributed by atoms with Gasteiger partial charge in [0, 0.05) is 36.7 Å². The summed E-state index contributed by atoms with van der Waals surface area (Å²) in [5.74, 6) is -2.00. The van der Waals surface area contributed by atoms with Crippen molar-refractivity contribution in [2.24, 2.45) is 13.0 Å². The molecule has 2 aromatic heterocycles. The number of aromatic nitrogens is 3. The average molecular weight is 501 g/mol. The molecule has 8 nitrogen and oxygen atoms in total. The summed E-state index contributed by atoms with van der Waals surface area (Å²) in [7, 11) is -1.98. The molecular weight excluding hydrogens is 478 g/mol. The number of aryl methyl sites for hydroxylation is 1. The van der Waals surface area contributed by atoms with Gasteiger partial charge in [-0.1, -0.05) is 25.1 Å². The fourth-order valence-corrected chi connectivity index (χ4v) is 5.67. The number of hydrogen-bond donors (Lipinski definition) is 0. The van der Waals surface area contributed by atoms with E-state index in [1.54, 1.807) is 37.5 Å². The standard InChI is InChI=1S/C24H22F2N4O4S/c1-14-18(25)8-9-19(21(14)26)34-20-12-27-24(30-10-5-11-35(30,32)33)28-22(20)17-13-29(2)23(31)16-7-4-3-6-15(16)17/h3-4,6-9,12-14,18H,5,10-11H2,1-2H3. The number of sulfonamides is 1. The molecule has 2 atom stereocenters. The average Bonchev–Trinajstić information content (AvgIpc) is 3.21. The molecule has 2 unspecified atom stereocenters. The van der Waals surface area contributed by atoms with Crippen LogP contribution in [0.2, 0.25) is 0 Å². The Bertz CT molecular complexity index is 1570. The first kappa shape index (κ1) is 23.2. The largest absolute Gasteiger partial charge is 0.451 e. The zero-order valence-electron chi connectivity index (χ0n) is 19.0. The quantitative estimate of drug-likeness (QED) is 0.543. The SMILES string of the molecule is CC1C(F)=C(Oc2cnc(N3CCCS3(=O)=O)nc2-c2cn(C)c(=O)c3ccccc23)C=CC1F. The molecule has 0 bridgehead atoms. The number of pyridine rings is 1. The van der Waals surface area contributed by atoms with Gasteiger partial charge in [0.15, 0.2) is 11.5 Å². The van der Waals surface area contributed by atoms with Crippen LogP contribution in [-0.2, 0) is 17.1 Å². The van der Waals surface area contributed by atoms with Gasteiger partial charge in [0.25, 0.3) is 5.56 Å². The highest BCUT2D eigenvalue weighted by Gasteiger charge is 2.32. The third kappa shape index (κ3) is 3.99. The third-order valence-electron chi connectivity index (χ3n) is 6.17. The van der Waals surface area contributed by atoms with E-state index < -0.39 is 27.9 Å². The summed E-state index contributed by atoms with van der Waals surface area (Å²) in [5, 5.41) is 0.976. The van der Waals surface area contributed by atoms with Crippen LogP contribution in [0.5, 0.6) is 5.75 Å². The number of fused-ring (bicyclic) bond motifs is 1. The second-order valence-electron chi connectivity index (χ2n) is 8.54. The maximum atomic E-state index is 14.8. The summed E-state index contributed by atoms with van der Waals surface area (Å²) in [6.07, 6.45) is 4.20. The molecule has 1 aromatic carbocycles. The molecule has 1 aliphatic heterocycles. The number of nitrogens with zero attached hydrogens (tertiary/aromatic N) is 4. The Morgan fingerprint density at radius 2 is 1.94 bits per heavy atom. The van der Waals surface area contributed by atoms with E-state index in [2.05, 4.69) is 9.97 Å². The lowest BCUT2D eigenvalue weighted by atomic mass is 9.99. The Balaban J connectivity index is 1.73. The van der Waals surface area contributed by atoms with E-state index in [9.17, 15) is 22.0 Å².